The molecule has 0 aliphatic carbocycles. The van der Waals surface area contributed by atoms with E-state index in [2.05, 4.69) is 0 Å². The van der Waals surface area contributed by atoms with E-state index in [1.54, 1.807) is 4.99 Å². The quantitative estimate of drug-likeness (QED) is 0.351. The van der Waals surface area contributed by atoms with Gasteiger partial charge in [0.25, 0.3) is 0 Å². The van der Waals surface area contributed by atoms with Gasteiger partial charge in [0.1, 0.15) is 0 Å². The van der Waals surface area contributed by atoms with Crippen molar-refractivity contribution in [3.05, 3.63) is 0 Å². The first-order chi connectivity index (χ1) is 5.23. The van der Waals surface area contributed by atoms with Crippen LogP contribution in [0.25, 0.3) is 0 Å². The molecule has 0 aliphatic rings. The van der Waals surface area contributed by atoms with Gasteiger partial charge in [-0.15, -0.1) is 4.99 Å². The van der Waals surface area contributed by atoms with E-state index >= 15 is 0 Å². The van der Waals surface area contributed by atoms with Gasteiger partial charge in [0.05, 0.1) is 0 Å². The van der Waals surface area contributed by atoms with Crippen LogP contribution in [0.5, 0.6) is 0 Å². The Morgan fingerprint density at radius 3 is 1.83 bits per heavy atom. The highest BCUT2D eigenvalue weighted by Gasteiger charge is 2.63. The SMILES string of the molecule is O=C=NC(=O)C(F)(F)C(F)(F)F. The number of nitrogens with zero attached hydrogens (tertiary/aromatic N) is 1. The molecule has 0 spiro atoms. The topological polar surface area (TPSA) is 46.5 Å². The van der Waals surface area contributed by atoms with E-state index in [0.717, 1.165) is 0 Å². The van der Waals surface area contributed by atoms with Gasteiger partial charge >= 0.3 is 18.0 Å². The van der Waals surface area contributed by atoms with Crippen LogP contribution >= 0.6 is 0 Å². The fraction of sp³-hybridized carbons (Fsp3) is 0.500. The molecular weight excluding hydrogens is 189 g/mol. The molecule has 8 heteroatoms. The van der Waals surface area contributed by atoms with E-state index in [1.807, 2.05) is 0 Å². The highest BCUT2D eigenvalue weighted by molar-refractivity contribution is 5.88. The Morgan fingerprint density at radius 2 is 1.58 bits per heavy atom. The molecule has 0 unspecified atom stereocenters. The molecule has 0 bridgehead atoms. The maximum atomic E-state index is 11.8. The van der Waals surface area contributed by atoms with Gasteiger partial charge in [-0.3, -0.25) is 4.79 Å². The fourth-order valence-corrected chi connectivity index (χ4v) is 0.233. The zero-order valence-corrected chi connectivity index (χ0v) is 5.15. The van der Waals surface area contributed by atoms with Gasteiger partial charge in [-0.1, -0.05) is 0 Å². The van der Waals surface area contributed by atoms with E-state index in [0.29, 0.717) is 6.08 Å². The van der Waals surface area contributed by atoms with E-state index in [-0.39, 0.29) is 0 Å². The van der Waals surface area contributed by atoms with Crippen LogP contribution < -0.4 is 0 Å². The lowest BCUT2D eigenvalue weighted by Gasteiger charge is -2.14. The van der Waals surface area contributed by atoms with Crippen LogP contribution in [0.1, 0.15) is 0 Å². The number of alkyl halides is 5. The molecule has 0 aromatic rings. The number of isocyanates is 1. The Bertz CT molecular complexity index is 238. The lowest BCUT2D eigenvalue weighted by Crippen LogP contribution is -2.43. The minimum atomic E-state index is -6.04. The number of carbonyl (C=O) groups is 1. The Balaban J connectivity index is 4.85. The summed E-state index contributed by atoms with van der Waals surface area (Å²) >= 11 is 0. The minimum absolute atomic E-state index is 0.291. The second-order valence-electron chi connectivity index (χ2n) is 1.58. The van der Waals surface area contributed by atoms with Crippen molar-refractivity contribution in [1.82, 2.24) is 0 Å². The van der Waals surface area contributed by atoms with Crippen LogP contribution in [0.3, 0.4) is 0 Å². The first kappa shape index (κ1) is 10.7. The van der Waals surface area contributed by atoms with Gasteiger partial charge in [0, 0.05) is 0 Å². The number of hydrogen-bond acceptors (Lipinski definition) is 2. The number of aliphatic imine (C=N–C) groups is 1. The lowest BCUT2D eigenvalue weighted by molar-refractivity contribution is -0.268. The molecule has 12 heavy (non-hydrogen) atoms. The van der Waals surface area contributed by atoms with Crippen molar-refractivity contribution in [3.63, 3.8) is 0 Å². The smallest absolute Gasteiger partial charge is 0.264 e. The third-order valence-electron chi connectivity index (χ3n) is 0.772. The second-order valence-corrected chi connectivity index (χ2v) is 1.58. The molecular formula is C4F5NO2. The van der Waals surface area contributed by atoms with E-state index in [1.165, 1.54) is 0 Å². The van der Waals surface area contributed by atoms with Crippen molar-refractivity contribution in [2.45, 2.75) is 12.1 Å². The van der Waals surface area contributed by atoms with Gasteiger partial charge in [0.15, 0.2) is 0 Å². The molecule has 0 saturated carbocycles. The number of rotatable bonds is 1. The summed E-state index contributed by atoms with van der Waals surface area (Å²) in [6.07, 6.45) is -5.75. The molecule has 0 N–H and O–H groups in total. The average Bonchev–Trinajstić information content (AvgIpc) is 1.85. The van der Waals surface area contributed by atoms with Gasteiger partial charge in [0.2, 0.25) is 6.08 Å². The van der Waals surface area contributed by atoms with E-state index < -0.39 is 18.0 Å². The summed E-state index contributed by atoms with van der Waals surface area (Å²) in [6.45, 7) is 0. The van der Waals surface area contributed by atoms with Crippen molar-refractivity contribution < 1.29 is 31.5 Å². The van der Waals surface area contributed by atoms with Crippen molar-refractivity contribution >= 4 is 12.0 Å². The molecule has 68 valence electrons. The summed E-state index contributed by atoms with van der Waals surface area (Å²) in [5.74, 6) is -8.49. The molecule has 0 radical (unpaired) electrons. The first-order valence-corrected chi connectivity index (χ1v) is 2.30. The number of amides is 1. The maximum Gasteiger partial charge on any atom is 0.463 e. The van der Waals surface area contributed by atoms with E-state index in [9.17, 15) is 31.5 Å². The maximum absolute atomic E-state index is 11.8. The number of halogens is 5. The fourth-order valence-electron chi connectivity index (χ4n) is 0.233. The summed E-state index contributed by atoms with van der Waals surface area (Å²) in [4.78, 5) is 20.6. The predicted molar refractivity (Wildman–Crippen MR) is 24.1 cm³/mol. The Labute approximate surface area is 61.9 Å². The zero-order chi connectivity index (χ0) is 9.99. The van der Waals surface area contributed by atoms with Crippen LogP contribution in [0.2, 0.25) is 0 Å². The summed E-state index contributed by atoms with van der Waals surface area (Å²) in [6, 6.07) is 0. The minimum Gasteiger partial charge on any atom is -0.264 e. The molecule has 0 aliphatic heterocycles. The molecule has 1 amide bonds. The Hall–Kier alpha value is -1.30. The third kappa shape index (κ3) is 1.85. The van der Waals surface area contributed by atoms with Gasteiger partial charge < -0.3 is 0 Å². The monoisotopic (exact) mass is 189 g/mol. The van der Waals surface area contributed by atoms with Gasteiger partial charge in [-0.25, -0.2) is 4.79 Å². The molecule has 0 atom stereocenters. The summed E-state index contributed by atoms with van der Waals surface area (Å²) in [7, 11) is 0. The standard InChI is InChI=1S/C4F5NO2/c5-3(6,4(7,8)9)2(12)10-1-11. The summed E-state index contributed by atoms with van der Waals surface area (Å²) in [5.41, 5.74) is 0. The normalized spacial score (nSPS) is 12.1. The van der Waals surface area contributed by atoms with Crippen LogP contribution in [0.15, 0.2) is 4.99 Å². The van der Waals surface area contributed by atoms with Gasteiger partial charge in [-0.2, -0.15) is 22.0 Å². The summed E-state index contributed by atoms with van der Waals surface area (Å²) < 4.78 is 57.3. The average molecular weight is 189 g/mol. The van der Waals surface area contributed by atoms with Crippen molar-refractivity contribution in [1.29, 1.82) is 0 Å². The van der Waals surface area contributed by atoms with Crippen LogP contribution in [-0.4, -0.2) is 24.1 Å². The molecule has 0 rings (SSSR count). The van der Waals surface area contributed by atoms with Crippen LogP contribution in [0.4, 0.5) is 22.0 Å². The highest BCUT2D eigenvalue weighted by Crippen LogP contribution is 2.36. The molecule has 0 aromatic carbocycles. The van der Waals surface area contributed by atoms with Crippen LogP contribution in [0, 0.1) is 0 Å². The first-order valence-electron chi connectivity index (χ1n) is 2.30. The van der Waals surface area contributed by atoms with Crippen LogP contribution in [-0.2, 0) is 9.59 Å². The highest BCUT2D eigenvalue weighted by atomic mass is 19.4. The summed E-state index contributed by atoms with van der Waals surface area (Å²) in [5, 5.41) is 0. The van der Waals surface area contributed by atoms with Gasteiger partial charge in [-0.05, 0) is 0 Å². The predicted octanol–water partition coefficient (Wildman–Crippen LogP) is 1.05. The number of hydrogen-bond donors (Lipinski definition) is 0. The number of carbonyl (C=O) groups excluding carboxylic acids is 2. The third-order valence-corrected chi connectivity index (χ3v) is 0.772. The molecule has 0 heterocycles. The Morgan fingerprint density at radius 1 is 1.17 bits per heavy atom. The largest absolute Gasteiger partial charge is 0.463 e. The zero-order valence-electron chi connectivity index (χ0n) is 5.15. The Kier molecular flexibility index (Phi) is 2.66. The molecule has 0 saturated heterocycles. The van der Waals surface area contributed by atoms with Crippen molar-refractivity contribution in [2.24, 2.45) is 4.99 Å². The molecule has 0 aromatic heterocycles. The lowest BCUT2D eigenvalue weighted by atomic mass is 10.3. The van der Waals surface area contributed by atoms with E-state index in [4.69, 9.17) is 0 Å². The molecule has 0 fully saturated rings. The second kappa shape index (κ2) is 2.98. The molecule has 3 nitrogen and oxygen atoms in total. The van der Waals surface area contributed by atoms with Crippen molar-refractivity contribution in [3.8, 4) is 0 Å². The van der Waals surface area contributed by atoms with Crippen molar-refractivity contribution in [2.75, 3.05) is 0 Å².